The minimum Gasteiger partial charge on any atom is -0.462 e. The maximum atomic E-state index is 13.0. The Hall–Kier alpha value is -1.50. The van der Waals surface area contributed by atoms with Crippen molar-refractivity contribution in [2.45, 2.75) is 313 Å². The minimum atomic E-state index is -1.76. The molecule has 2 aliphatic heterocycles. The lowest BCUT2D eigenvalue weighted by molar-refractivity contribution is -0.332. The Morgan fingerprint density at radius 1 is 0.400 bits per heavy atom. The standard InChI is InChI=1S/C55H104O15/c1-3-5-7-9-11-13-15-16-17-18-19-20-21-22-23-24-25-26-28-30-32-34-36-38-47(58)68-43(40-65-46(57)37-35-33-31-29-27-14-12-10-8-6-4-2)41-66-54-53(64)51(62)49(60)45(70-54)42-67-55-52(63)50(61)48(59)44(39-56)69-55/h43-45,48-56,59-64H,3-42H2,1-2H3. The highest BCUT2D eigenvalue weighted by molar-refractivity contribution is 5.70. The van der Waals surface area contributed by atoms with Crippen LogP contribution in [0.5, 0.6) is 0 Å². The van der Waals surface area contributed by atoms with Crippen molar-refractivity contribution in [3.63, 3.8) is 0 Å². The van der Waals surface area contributed by atoms with E-state index in [1.165, 1.54) is 167 Å². The summed E-state index contributed by atoms with van der Waals surface area (Å²) in [6.45, 7) is 2.63. The number of rotatable bonds is 46. The number of hydrogen-bond donors (Lipinski definition) is 7. The Kier molecular flexibility index (Phi) is 39.5. The van der Waals surface area contributed by atoms with Gasteiger partial charge >= 0.3 is 11.9 Å². The van der Waals surface area contributed by atoms with E-state index in [2.05, 4.69) is 13.8 Å². The first-order chi connectivity index (χ1) is 34.0. The largest absolute Gasteiger partial charge is 0.462 e. The van der Waals surface area contributed by atoms with Crippen molar-refractivity contribution < 1.29 is 73.8 Å². The van der Waals surface area contributed by atoms with Crippen molar-refractivity contribution in [1.82, 2.24) is 0 Å². The van der Waals surface area contributed by atoms with Gasteiger partial charge in [0.2, 0.25) is 0 Å². The summed E-state index contributed by atoms with van der Waals surface area (Å²) in [6, 6.07) is 0. The van der Waals surface area contributed by atoms with Crippen molar-refractivity contribution >= 4 is 11.9 Å². The molecule has 15 nitrogen and oxygen atoms in total. The van der Waals surface area contributed by atoms with Crippen LogP contribution in [-0.4, -0.2) is 142 Å². The summed E-state index contributed by atoms with van der Waals surface area (Å²) in [5.74, 6) is -0.908. The molecule has 2 fully saturated rings. The van der Waals surface area contributed by atoms with Gasteiger partial charge in [0.15, 0.2) is 18.7 Å². The number of carbonyl (C=O) groups is 2. The average Bonchev–Trinajstić information content (AvgIpc) is 3.35. The van der Waals surface area contributed by atoms with E-state index in [1.807, 2.05) is 0 Å². The van der Waals surface area contributed by atoms with E-state index in [1.54, 1.807) is 0 Å². The van der Waals surface area contributed by atoms with E-state index in [0.717, 1.165) is 38.5 Å². The molecule has 70 heavy (non-hydrogen) atoms. The molecular weight excluding hydrogens is 901 g/mol. The van der Waals surface area contributed by atoms with Gasteiger partial charge in [-0.2, -0.15) is 0 Å². The second kappa shape index (κ2) is 42.8. The quantitative estimate of drug-likeness (QED) is 0.0223. The minimum absolute atomic E-state index is 0.174. The molecule has 414 valence electrons. The Labute approximate surface area is 423 Å². The van der Waals surface area contributed by atoms with Gasteiger partial charge in [0.1, 0.15) is 55.4 Å². The fourth-order valence-corrected chi connectivity index (χ4v) is 9.40. The molecule has 0 aliphatic carbocycles. The number of ether oxygens (including phenoxy) is 6. The predicted molar refractivity (Wildman–Crippen MR) is 271 cm³/mol. The second-order valence-electron chi connectivity index (χ2n) is 20.5. The summed E-state index contributed by atoms with van der Waals surface area (Å²) in [7, 11) is 0. The number of hydrogen-bond acceptors (Lipinski definition) is 15. The first kappa shape index (κ1) is 64.6. The summed E-state index contributed by atoms with van der Waals surface area (Å²) in [6.07, 6.45) is 25.7. The Bertz CT molecular complexity index is 1230. The van der Waals surface area contributed by atoms with Crippen molar-refractivity contribution in [2.75, 3.05) is 26.4 Å². The number of unbranched alkanes of at least 4 members (excludes halogenated alkanes) is 32. The van der Waals surface area contributed by atoms with Gasteiger partial charge in [0, 0.05) is 12.8 Å². The number of esters is 2. The van der Waals surface area contributed by atoms with Crippen LogP contribution in [0.1, 0.15) is 245 Å². The first-order valence-corrected chi connectivity index (χ1v) is 28.6. The van der Waals surface area contributed by atoms with Gasteiger partial charge in [-0.05, 0) is 12.8 Å². The van der Waals surface area contributed by atoms with E-state index in [9.17, 15) is 45.3 Å². The third-order valence-electron chi connectivity index (χ3n) is 14.1. The fourth-order valence-electron chi connectivity index (χ4n) is 9.40. The van der Waals surface area contributed by atoms with Crippen LogP contribution in [0.25, 0.3) is 0 Å². The van der Waals surface area contributed by atoms with Crippen LogP contribution in [0.15, 0.2) is 0 Å². The van der Waals surface area contributed by atoms with Gasteiger partial charge in [-0.25, -0.2) is 0 Å². The summed E-state index contributed by atoms with van der Waals surface area (Å²) in [4.78, 5) is 25.8. The van der Waals surface area contributed by atoms with Crippen LogP contribution in [-0.2, 0) is 38.0 Å². The lowest BCUT2D eigenvalue weighted by Gasteiger charge is -2.42. The van der Waals surface area contributed by atoms with Crippen molar-refractivity contribution in [1.29, 1.82) is 0 Å². The highest BCUT2D eigenvalue weighted by Crippen LogP contribution is 2.27. The summed E-state index contributed by atoms with van der Waals surface area (Å²) in [5, 5.41) is 72.2. The average molecular weight is 1010 g/mol. The van der Waals surface area contributed by atoms with Crippen molar-refractivity contribution in [2.24, 2.45) is 0 Å². The first-order valence-electron chi connectivity index (χ1n) is 28.6. The fraction of sp³-hybridized carbons (Fsp3) is 0.964. The molecule has 0 bridgehead atoms. The molecule has 0 amide bonds. The predicted octanol–water partition coefficient (Wildman–Crippen LogP) is 9.17. The molecule has 0 radical (unpaired) electrons. The smallest absolute Gasteiger partial charge is 0.306 e. The van der Waals surface area contributed by atoms with E-state index >= 15 is 0 Å². The molecule has 11 atom stereocenters. The van der Waals surface area contributed by atoms with Crippen LogP contribution < -0.4 is 0 Å². The van der Waals surface area contributed by atoms with E-state index in [0.29, 0.717) is 12.8 Å². The van der Waals surface area contributed by atoms with Gasteiger partial charge in [0.05, 0.1) is 19.8 Å². The van der Waals surface area contributed by atoms with E-state index in [4.69, 9.17) is 28.4 Å². The molecule has 7 N–H and O–H groups in total. The van der Waals surface area contributed by atoms with Gasteiger partial charge in [0.25, 0.3) is 0 Å². The molecule has 0 spiro atoms. The molecule has 0 aromatic rings. The third-order valence-corrected chi connectivity index (χ3v) is 14.1. The van der Waals surface area contributed by atoms with Gasteiger partial charge < -0.3 is 64.2 Å². The molecule has 0 aromatic heterocycles. The van der Waals surface area contributed by atoms with Crippen LogP contribution in [0, 0.1) is 0 Å². The Balaban J connectivity index is 1.71. The highest BCUT2D eigenvalue weighted by Gasteiger charge is 2.47. The van der Waals surface area contributed by atoms with E-state index < -0.39 is 92.7 Å². The Morgan fingerprint density at radius 3 is 1.11 bits per heavy atom. The van der Waals surface area contributed by atoms with E-state index in [-0.39, 0.29) is 26.1 Å². The molecule has 15 heteroatoms. The summed E-state index contributed by atoms with van der Waals surface area (Å²) >= 11 is 0. The molecule has 11 unspecified atom stereocenters. The molecular formula is C55H104O15. The molecule has 2 rings (SSSR count). The van der Waals surface area contributed by atoms with Crippen LogP contribution in [0.2, 0.25) is 0 Å². The molecule has 0 aromatic carbocycles. The third kappa shape index (κ3) is 30.0. The van der Waals surface area contributed by atoms with Crippen molar-refractivity contribution in [3.05, 3.63) is 0 Å². The van der Waals surface area contributed by atoms with Crippen LogP contribution >= 0.6 is 0 Å². The summed E-state index contributed by atoms with van der Waals surface area (Å²) in [5.41, 5.74) is 0. The highest BCUT2D eigenvalue weighted by atomic mass is 16.7. The molecule has 2 saturated heterocycles. The monoisotopic (exact) mass is 1000 g/mol. The zero-order valence-electron chi connectivity index (χ0n) is 44.0. The molecule has 2 aliphatic rings. The van der Waals surface area contributed by atoms with Gasteiger partial charge in [-0.1, -0.05) is 219 Å². The maximum absolute atomic E-state index is 13.0. The second-order valence-corrected chi connectivity index (χ2v) is 20.5. The normalized spacial score (nSPS) is 25.3. The summed E-state index contributed by atoms with van der Waals surface area (Å²) < 4.78 is 33.6. The SMILES string of the molecule is CCCCCCCCCCCCCCCCCCCCCCCCCC(=O)OC(COC(=O)CCCCCCCCCCCCC)COC1OC(COC2OC(CO)C(O)C(O)C2O)C(O)C(O)C1O. The zero-order valence-corrected chi connectivity index (χ0v) is 44.0. The van der Waals surface area contributed by atoms with Crippen LogP contribution in [0.4, 0.5) is 0 Å². The van der Waals surface area contributed by atoms with Crippen molar-refractivity contribution in [3.8, 4) is 0 Å². The topological polar surface area (TPSA) is 231 Å². The number of aliphatic hydroxyl groups is 7. The van der Waals surface area contributed by atoms with Gasteiger partial charge in [-0.3, -0.25) is 9.59 Å². The van der Waals surface area contributed by atoms with Crippen LogP contribution in [0.3, 0.4) is 0 Å². The molecule has 0 saturated carbocycles. The van der Waals surface area contributed by atoms with Gasteiger partial charge in [-0.15, -0.1) is 0 Å². The Morgan fingerprint density at radius 2 is 0.729 bits per heavy atom. The lowest BCUT2D eigenvalue weighted by Crippen LogP contribution is -2.61. The maximum Gasteiger partial charge on any atom is 0.306 e. The zero-order chi connectivity index (χ0) is 51.0. The lowest BCUT2D eigenvalue weighted by atomic mass is 9.98. The number of aliphatic hydroxyl groups excluding tert-OH is 7. The number of carbonyl (C=O) groups excluding carboxylic acids is 2. The molecule has 2 heterocycles.